The lowest BCUT2D eigenvalue weighted by molar-refractivity contribution is 1.19. The molecule has 0 aromatic rings. The molecule has 0 amide bonds. The van der Waals surface area contributed by atoms with E-state index < -0.39 is 0 Å². The fourth-order valence-electron chi connectivity index (χ4n) is 0.307. The number of hydrogen-bond acceptors (Lipinski definition) is 2. The first kappa shape index (κ1) is 4.12. The molecule has 1 aliphatic heterocycles. The molecule has 0 aromatic heterocycles. The summed E-state index contributed by atoms with van der Waals surface area (Å²) in [7, 11) is 0. The van der Waals surface area contributed by atoms with Crippen molar-refractivity contribution in [2.24, 2.45) is 4.99 Å². The van der Waals surface area contributed by atoms with Gasteiger partial charge in [0.2, 0.25) is 0 Å². The van der Waals surface area contributed by atoms with Crippen LogP contribution in [-0.4, -0.2) is 6.21 Å². The minimum absolute atomic E-state index is 1.64. The van der Waals surface area contributed by atoms with Gasteiger partial charge in [-0.15, -0.1) is 0 Å². The van der Waals surface area contributed by atoms with Gasteiger partial charge in [0.05, 0.1) is 6.21 Å². The van der Waals surface area contributed by atoms with Crippen molar-refractivity contribution in [3.63, 3.8) is 0 Å². The summed E-state index contributed by atoms with van der Waals surface area (Å²) in [6, 6.07) is 0. The molecule has 1 aliphatic rings. The van der Waals surface area contributed by atoms with Crippen molar-refractivity contribution in [1.82, 2.24) is 5.32 Å². The van der Waals surface area contributed by atoms with Crippen LogP contribution in [0.5, 0.6) is 0 Å². The van der Waals surface area contributed by atoms with Gasteiger partial charge in [-0.05, 0) is 6.08 Å². The van der Waals surface area contributed by atoms with Gasteiger partial charge >= 0.3 is 0 Å². The Morgan fingerprint density at radius 2 is 2.43 bits per heavy atom. The molecule has 1 N–H and O–H groups in total. The van der Waals surface area contributed by atoms with Crippen molar-refractivity contribution >= 4 is 6.21 Å². The van der Waals surface area contributed by atoms with Crippen molar-refractivity contribution in [3.8, 4) is 0 Å². The Morgan fingerprint density at radius 3 is 3.43 bits per heavy atom. The zero-order valence-electron chi connectivity index (χ0n) is 3.76. The maximum Gasteiger partial charge on any atom is 0.0901 e. The molecule has 0 atom stereocenters. The summed E-state index contributed by atoms with van der Waals surface area (Å²) in [5, 5.41) is 2.83. The first-order valence-corrected chi connectivity index (χ1v) is 2.01. The number of rotatable bonds is 0. The number of hydrogen-bond donors (Lipinski definition) is 1. The van der Waals surface area contributed by atoms with Gasteiger partial charge in [-0.1, -0.05) is 0 Å². The van der Waals surface area contributed by atoms with E-state index in [1.165, 1.54) is 0 Å². The van der Waals surface area contributed by atoms with Gasteiger partial charge in [-0.2, -0.15) is 0 Å². The molecule has 0 saturated carbocycles. The minimum atomic E-state index is 1.64. The zero-order chi connectivity index (χ0) is 4.95. The van der Waals surface area contributed by atoms with E-state index in [1.54, 1.807) is 24.7 Å². The highest BCUT2D eigenvalue weighted by atomic mass is 14.8. The first-order chi connectivity index (χ1) is 3.50. The smallest absolute Gasteiger partial charge is 0.0901 e. The van der Waals surface area contributed by atoms with Gasteiger partial charge in [0.25, 0.3) is 0 Å². The largest absolute Gasteiger partial charge is 0.366 e. The average molecular weight is 93.1 g/mol. The molecule has 0 spiro atoms. The Bertz CT molecular complexity index is 108. The van der Waals surface area contributed by atoms with Crippen LogP contribution in [0.15, 0.2) is 29.7 Å². The van der Waals surface area contributed by atoms with Gasteiger partial charge in [0.1, 0.15) is 0 Å². The van der Waals surface area contributed by atoms with E-state index in [0.29, 0.717) is 0 Å². The molecule has 0 aliphatic carbocycles. The van der Waals surface area contributed by atoms with Crippen LogP contribution >= 0.6 is 0 Å². The second-order valence-corrected chi connectivity index (χ2v) is 1.07. The topological polar surface area (TPSA) is 24.4 Å². The van der Waals surface area contributed by atoms with Crippen LogP contribution in [0, 0.1) is 0 Å². The quantitative estimate of drug-likeness (QED) is 0.464. The van der Waals surface area contributed by atoms with Gasteiger partial charge in [-0.25, -0.2) is 0 Å². The predicted molar refractivity (Wildman–Crippen MR) is 28.9 cm³/mol. The molecule has 7 heavy (non-hydrogen) atoms. The maximum atomic E-state index is 3.69. The normalized spacial score (nSPS) is 16.0. The Kier molecular flexibility index (Phi) is 1.28. The molecule has 0 unspecified atom stereocenters. The second-order valence-electron chi connectivity index (χ2n) is 1.07. The third-order valence-corrected chi connectivity index (χ3v) is 0.574. The van der Waals surface area contributed by atoms with E-state index in [0.717, 1.165) is 0 Å². The summed E-state index contributed by atoms with van der Waals surface area (Å²) in [5.41, 5.74) is 0. The van der Waals surface area contributed by atoms with Crippen molar-refractivity contribution in [3.05, 3.63) is 24.7 Å². The molecule has 2 nitrogen and oxygen atoms in total. The van der Waals surface area contributed by atoms with Crippen LogP contribution in [0.3, 0.4) is 0 Å². The molecule has 1 rings (SSSR count). The summed E-state index contributed by atoms with van der Waals surface area (Å²) < 4.78 is 0. The van der Waals surface area contributed by atoms with Crippen LogP contribution in [-0.2, 0) is 0 Å². The fourth-order valence-corrected chi connectivity index (χ4v) is 0.307. The van der Waals surface area contributed by atoms with Crippen LogP contribution in [0.4, 0.5) is 0 Å². The lowest BCUT2D eigenvalue weighted by Gasteiger charge is -1.77. The van der Waals surface area contributed by atoms with E-state index in [9.17, 15) is 0 Å². The predicted octanol–water partition coefficient (Wildman–Crippen LogP) is 0.522. The summed E-state index contributed by atoms with van der Waals surface area (Å²) >= 11 is 0. The van der Waals surface area contributed by atoms with Gasteiger partial charge in [-0.3, -0.25) is 4.99 Å². The Labute approximate surface area is 42.3 Å². The molecular formula is C5H5N2. The number of aliphatic imine (C=N–C) groups is 1. The van der Waals surface area contributed by atoms with Crippen LogP contribution < -0.4 is 5.32 Å². The summed E-state index contributed by atoms with van der Waals surface area (Å²) in [5.74, 6) is 0. The molecule has 35 valence electrons. The van der Waals surface area contributed by atoms with Crippen LogP contribution in [0.1, 0.15) is 0 Å². The molecular weight excluding hydrogens is 88.1 g/mol. The van der Waals surface area contributed by atoms with Crippen LogP contribution in [0.2, 0.25) is 0 Å². The van der Waals surface area contributed by atoms with Gasteiger partial charge in [0, 0.05) is 18.6 Å². The van der Waals surface area contributed by atoms with E-state index in [1.807, 2.05) is 0 Å². The highest BCUT2D eigenvalue weighted by Gasteiger charge is 1.69. The lowest BCUT2D eigenvalue weighted by Crippen LogP contribution is -1.87. The highest BCUT2D eigenvalue weighted by Crippen LogP contribution is 1.75. The molecule has 2 heteroatoms. The number of nitrogens with one attached hydrogen (secondary N) is 1. The van der Waals surface area contributed by atoms with E-state index in [4.69, 9.17) is 0 Å². The molecule has 1 radical (unpaired) electrons. The molecule has 0 fully saturated rings. The van der Waals surface area contributed by atoms with E-state index in [-0.39, 0.29) is 0 Å². The first-order valence-electron chi connectivity index (χ1n) is 2.01. The molecule has 0 bridgehead atoms. The summed E-state index contributed by atoms with van der Waals surface area (Å²) in [6.45, 7) is 0. The summed E-state index contributed by atoms with van der Waals surface area (Å²) in [6.07, 6.45) is 9.48. The van der Waals surface area contributed by atoms with Crippen molar-refractivity contribution < 1.29 is 0 Å². The lowest BCUT2D eigenvalue weighted by atomic mass is 10.7. The third kappa shape index (κ3) is 1.22. The number of nitrogens with zero attached hydrogens (tertiary/aromatic N) is 1. The average Bonchev–Trinajstić information content (AvgIpc) is 1.90. The molecule has 1 heterocycles. The molecule has 0 saturated heterocycles. The SMILES string of the molecule is [C]1=NC=CNC=C1. The Hall–Kier alpha value is -1.05. The summed E-state index contributed by atoms with van der Waals surface area (Å²) in [4.78, 5) is 3.69. The van der Waals surface area contributed by atoms with Gasteiger partial charge < -0.3 is 5.32 Å². The second kappa shape index (κ2) is 2.18. The van der Waals surface area contributed by atoms with E-state index >= 15 is 0 Å². The standard InChI is InChI=1S/C5H5N2/c1-2-6-4-5-7-3-1/h1-2,4-6H. The Morgan fingerprint density at radius 1 is 1.43 bits per heavy atom. The fraction of sp³-hybridized carbons (Fsp3) is 0. The van der Waals surface area contributed by atoms with Crippen molar-refractivity contribution in [2.75, 3.05) is 0 Å². The van der Waals surface area contributed by atoms with Crippen molar-refractivity contribution in [2.45, 2.75) is 0 Å². The molecule has 0 aromatic carbocycles. The number of allylic oxidation sites excluding steroid dienone is 1. The van der Waals surface area contributed by atoms with Crippen molar-refractivity contribution in [1.29, 1.82) is 0 Å². The zero-order valence-corrected chi connectivity index (χ0v) is 3.76. The van der Waals surface area contributed by atoms with E-state index in [2.05, 4.69) is 16.5 Å². The van der Waals surface area contributed by atoms with Gasteiger partial charge in [0.15, 0.2) is 0 Å². The Balaban J connectivity index is 2.60. The monoisotopic (exact) mass is 93.0 g/mol. The minimum Gasteiger partial charge on any atom is -0.366 e. The highest BCUT2D eigenvalue weighted by molar-refractivity contribution is 5.71. The third-order valence-electron chi connectivity index (χ3n) is 0.574. The van der Waals surface area contributed by atoms with Crippen LogP contribution in [0.25, 0.3) is 0 Å². The maximum absolute atomic E-state index is 3.69.